The average Bonchev–Trinajstić information content (AvgIpc) is 2.15. The Hall–Kier alpha value is -8.99. The van der Waals surface area contributed by atoms with Gasteiger partial charge in [0.1, 0.15) is 34.0 Å². The molecule has 0 aliphatic carbocycles. The number of aromatic nitrogens is 15. The molecule has 3 saturated heterocycles. The summed E-state index contributed by atoms with van der Waals surface area (Å²) in [6, 6.07) is 22.3. The summed E-state index contributed by atoms with van der Waals surface area (Å²) < 4.78 is 55.8. The second kappa shape index (κ2) is 23.9. The van der Waals surface area contributed by atoms with Gasteiger partial charge in [0.2, 0.25) is 0 Å². The van der Waals surface area contributed by atoms with Gasteiger partial charge in [-0.25, -0.2) is 32.6 Å². The third kappa shape index (κ3) is 11.6. The van der Waals surface area contributed by atoms with Gasteiger partial charge in [0.15, 0.2) is 16.9 Å². The fourth-order valence-electron chi connectivity index (χ4n) is 12.8. The number of pyridine rings is 2. The summed E-state index contributed by atoms with van der Waals surface area (Å²) >= 11 is 0. The van der Waals surface area contributed by atoms with Crippen molar-refractivity contribution in [3.63, 3.8) is 0 Å². The zero-order valence-corrected chi connectivity index (χ0v) is 50.8. The van der Waals surface area contributed by atoms with Crippen molar-refractivity contribution in [1.82, 2.24) is 90.3 Å². The topological polar surface area (TPSA) is 205 Å². The highest BCUT2D eigenvalue weighted by Gasteiger charge is 2.31. The summed E-state index contributed by atoms with van der Waals surface area (Å²) in [5.41, 5.74) is 15.0. The van der Waals surface area contributed by atoms with Crippen molar-refractivity contribution in [2.75, 3.05) is 40.3 Å². The van der Waals surface area contributed by atoms with E-state index in [2.05, 4.69) is 97.3 Å². The molecule has 0 spiro atoms. The van der Waals surface area contributed by atoms with Gasteiger partial charge in [0, 0.05) is 82.8 Å². The second-order valence-electron chi connectivity index (χ2n) is 24.0. The van der Waals surface area contributed by atoms with E-state index in [4.69, 9.17) is 4.74 Å². The Kier molecular flexibility index (Phi) is 15.8. The van der Waals surface area contributed by atoms with E-state index in [1.807, 2.05) is 102 Å². The molecule has 0 saturated carbocycles. The van der Waals surface area contributed by atoms with Crippen LogP contribution >= 0.6 is 0 Å². The van der Waals surface area contributed by atoms with E-state index in [1.165, 1.54) is 6.07 Å². The number of hydrogen-bond acceptors (Lipinski definition) is 16. The lowest BCUT2D eigenvalue weighted by Gasteiger charge is -2.40. The molecule has 2 N–H and O–H groups in total. The Morgan fingerprint density at radius 3 is 1.41 bits per heavy atom. The standard InChI is InChI=1S/C24H27FN6.C21H21FN6O.C21H21FN6/c1-13-6-22(29-31-12-14(2)26-24(13)31)18-9-20(25)19-11-21(27-28-23(19)10-18)17-7-15(3)30(5)16(4)8-17;1-28-11-19-21(27-28)20(29-2)10-16(24-19)13-7-15(22)14-9-17(25-26-18(14)8-13)12-3-5-23-6-4-12;1-12-7-17(24-20-11-28(2)27-21(12)20)14-8-16(22)15-10-18(25-26-19(15)9-14)13-3-5-23-6-4-13/h6,9-12,15-17H,7-8H2,1-5H3;7-12,23H,3-6H2,1-2H3;7-11,13,23H,3-6H2,1-2H3/t15-,16+,17?;;. The number of ether oxygens (including phenoxy) is 1. The average molecular weight is 1190 g/mol. The van der Waals surface area contributed by atoms with Gasteiger partial charge in [0.25, 0.3) is 0 Å². The highest BCUT2D eigenvalue weighted by molar-refractivity contribution is 5.89. The Morgan fingerprint density at radius 1 is 0.466 bits per heavy atom. The number of hydrogen-bond donors (Lipinski definition) is 2. The molecule has 450 valence electrons. The van der Waals surface area contributed by atoms with Gasteiger partial charge in [-0.3, -0.25) is 9.36 Å². The molecule has 0 amide bonds. The Morgan fingerprint density at radius 2 is 0.909 bits per heavy atom. The summed E-state index contributed by atoms with van der Waals surface area (Å²) in [7, 11) is 7.44. The lowest BCUT2D eigenvalue weighted by molar-refractivity contribution is 0.121. The van der Waals surface area contributed by atoms with E-state index < -0.39 is 0 Å². The molecule has 19 nitrogen and oxygen atoms in total. The maximum absolute atomic E-state index is 15.2. The van der Waals surface area contributed by atoms with Gasteiger partial charge in [-0.2, -0.15) is 45.9 Å². The summed E-state index contributed by atoms with van der Waals surface area (Å²) in [4.78, 5) is 16.2. The number of likely N-dealkylation sites (tertiary alicyclic amines) is 1. The molecule has 22 heteroatoms. The molecule has 12 heterocycles. The molecule has 88 heavy (non-hydrogen) atoms. The molecular formula is C66H69F3N18O. The van der Waals surface area contributed by atoms with Gasteiger partial charge in [-0.15, -0.1) is 0 Å². The smallest absolute Gasteiger partial charge is 0.156 e. The zero-order chi connectivity index (χ0) is 61.1. The number of imidazole rings is 1. The number of fused-ring (bicyclic) bond motifs is 6. The number of nitrogens with zero attached hydrogens (tertiary/aromatic N) is 16. The van der Waals surface area contributed by atoms with Gasteiger partial charge in [-0.1, -0.05) is 0 Å². The second-order valence-corrected chi connectivity index (χ2v) is 24.0. The SMILES string of the molecule is COc1cc(-c2cc(F)c3cc(C4CCNCC4)nnc3c2)nc2cn(C)nc12.Cc1cc(-c2cc(F)c3cc(C4CCNCC4)nnc3c2)nc2cn(C)nc12.Cc1cn2nc(-c3cc(F)c4cc(C5C[C@@H](C)N(C)[C@@H](C)C5)nnc4c3)cc(C)c2n1. The van der Waals surface area contributed by atoms with Crippen LogP contribution in [0.2, 0.25) is 0 Å². The van der Waals surface area contributed by atoms with Crippen molar-refractivity contribution in [2.45, 2.75) is 103 Å². The van der Waals surface area contributed by atoms with E-state index in [0.717, 1.165) is 115 Å². The first-order valence-corrected chi connectivity index (χ1v) is 30.1. The first-order valence-electron chi connectivity index (χ1n) is 30.1. The number of nitrogens with one attached hydrogen (secondary N) is 2. The minimum absolute atomic E-state index is 0.289. The van der Waals surface area contributed by atoms with Crippen LogP contribution in [0.1, 0.15) is 104 Å². The van der Waals surface area contributed by atoms with Crippen molar-refractivity contribution in [3.05, 3.63) is 143 Å². The minimum Gasteiger partial charge on any atom is -0.494 e. The summed E-state index contributed by atoms with van der Waals surface area (Å²) in [6.45, 7) is 14.2. The van der Waals surface area contributed by atoms with Gasteiger partial charge >= 0.3 is 0 Å². The number of benzene rings is 3. The van der Waals surface area contributed by atoms with Crippen molar-refractivity contribution in [2.24, 2.45) is 14.1 Å². The van der Waals surface area contributed by atoms with Crippen LogP contribution in [0.4, 0.5) is 13.2 Å². The van der Waals surface area contributed by atoms with Crippen LogP contribution in [0.5, 0.6) is 5.75 Å². The van der Waals surface area contributed by atoms with Crippen LogP contribution in [0.3, 0.4) is 0 Å². The number of aryl methyl sites for hydroxylation is 5. The largest absolute Gasteiger partial charge is 0.494 e. The quantitative estimate of drug-likeness (QED) is 0.152. The zero-order valence-electron chi connectivity index (χ0n) is 50.8. The summed E-state index contributed by atoms with van der Waals surface area (Å²) in [5, 5.41) is 48.0. The van der Waals surface area contributed by atoms with E-state index in [9.17, 15) is 4.39 Å². The van der Waals surface area contributed by atoms with Crippen LogP contribution in [0, 0.1) is 38.2 Å². The molecule has 0 radical (unpaired) electrons. The molecule has 3 atom stereocenters. The molecular weight excluding hydrogens is 1120 g/mol. The molecule has 9 aromatic heterocycles. The lowest BCUT2D eigenvalue weighted by atomic mass is 9.85. The monoisotopic (exact) mass is 1190 g/mol. The normalized spacial score (nSPS) is 17.9. The summed E-state index contributed by atoms with van der Waals surface area (Å²) in [5.74, 6) is 0.657. The van der Waals surface area contributed by atoms with Crippen LogP contribution in [-0.2, 0) is 14.1 Å². The number of halogens is 3. The maximum atomic E-state index is 15.2. The van der Waals surface area contributed by atoms with E-state index in [0.29, 0.717) is 113 Å². The minimum atomic E-state index is -0.324. The van der Waals surface area contributed by atoms with Gasteiger partial charge < -0.3 is 20.3 Å². The predicted molar refractivity (Wildman–Crippen MR) is 335 cm³/mol. The van der Waals surface area contributed by atoms with Crippen LogP contribution in [0.25, 0.3) is 94.2 Å². The fraction of sp³-hybridized carbons (Fsp3) is 0.364. The van der Waals surface area contributed by atoms with Crippen LogP contribution in [0.15, 0.2) is 91.4 Å². The molecule has 12 aromatic rings. The molecule has 3 fully saturated rings. The van der Waals surface area contributed by atoms with Crippen molar-refractivity contribution >= 4 is 60.4 Å². The summed E-state index contributed by atoms with van der Waals surface area (Å²) in [6.07, 6.45) is 11.6. The van der Waals surface area contributed by atoms with Crippen LogP contribution in [-0.4, -0.2) is 132 Å². The Labute approximate surface area is 506 Å². The molecule has 3 aliphatic heterocycles. The maximum Gasteiger partial charge on any atom is 0.156 e. The molecule has 0 bridgehead atoms. The van der Waals surface area contributed by atoms with Crippen molar-refractivity contribution < 1.29 is 17.9 Å². The number of piperidine rings is 3. The first-order chi connectivity index (χ1) is 42.5. The van der Waals surface area contributed by atoms with E-state index in [-0.39, 0.29) is 17.5 Å². The number of methoxy groups -OCH3 is 1. The molecule has 3 aromatic carbocycles. The molecule has 3 aliphatic rings. The highest BCUT2D eigenvalue weighted by Crippen LogP contribution is 2.37. The van der Waals surface area contributed by atoms with Gasteiger partial charge in [0.05, 0.1) is 82.1 Å². The van der Waals surface area contributed by atoms with Crippen molar-refractivity contribution in [3.8, 4) is 39.5 Å². The van der Waals surface area contributed by atoms with E-state index in [1.54, 1.807) is 39.2 Å². The van der Waals surface area contributed by atoms with E-state index >= 15 is 8.78 Å². The Bertz CT molecular complexity index is 4620. The van der Waals surface area contributed by atoms with Crippen molar-refractivity contribution in [1.29, 1.82) is 0 Å². The third-order valence-corrected chi connectivity index (χ3v) is 17.8. The van der Waals surface area contributed by atoms with Gasteiger partial charge in [-0.05, 0) is 184 Å². The van der Waals surface area contributed by atoms with Crippen LogP contribution < -0.4 is 15.4 Å². The lowest BCUT2D eigenvalue weighted by Crippen LogP contribution is -2.43. The molecule has 15 rings (SSSR count). The molecule has 1 unspecified atom stereocenters. The Balaban J connectivity index is 0.000000122. The third-order valence-electron chi connectivity index (χ3n) is 17.8. The number of rotatable bonds is 7. The fourth-order valence-corrected chi connectivity index (χ4v) is 12.8. The first kappa shape index (κ1) is 58.1. The highest BCUT2D eigenvalue weighted by atomic mass is 19.1. The predicted octanol–water partition coefficient (Wildman–Crippen LogP) is 11.4.